The maximum absolute atomic E-state index is 3.69. The van der Waals surface area contributed by atoms with Gasteiger partial charge in [0.1, 0.15) is 0 Å². The lowest BCUT2D eigenvalue weighted by Gasteiger charge is -2.43. The highest BCUT2D eigenvalue weighted by atomic mass is 15.2. The Kier molecular flexibility index (Phi) is 6.02. The lowest BCUT2D eigenvalue weighted by molar-refractivity contribution is 0.0875. The summed E-state index contributed by atoms with van der Waals surface area (Å²) in [6.07, 6.45) is 1.00. The van der Waals surface area contributed by atoms with Crippen molar-refractivity contribution in [1.82, 2.24) is 10.2 Å². The first-order valence-electron chi connectivity index (χ1n) is 6.93. The second-order valence-electron chi connectivity index (χ2n) is 5.74. The fourth-order valence-corrected chi connectivity index (χ4v) is 2.54. The molecule has 0 aromatic rings. The first kappa shape index (κ1) is 14.5. The van der Waals surface area contributed by atoms with Crippen molar-refractivity contribution < 1.29 is 0 Å². The van der Waals surface area contributed by atoms with Crippen molar-refractivity contribution in [3.05, 3.63) is 0 Å². The maximum atomic E-state index is 3.69. The van der Waals surface area contributed by atoms with Gasteiger partial charge in [-0.2, -0.15) is 0 Å². The molecule has 0 radical (unpaired) electrons. The van der Waals surface area contributed by atoms with Crippen LogP contribution in [-0.4, -0.2) is 36.6 Å². The van der Waals surface area contributed by atoms with E-state index in [0.717, 1.165) is 19.5 Å². The highest BCUT2D eigenvalue weighted by molar-refractivity contribution is 4.97. The first-order valence-corrected chi connectivity index (χ1v) is 6.93. The Labute approximate surface area is 107 Å². The predicted octanol–water partition coefficient (Wildman–Crippen LogP) is 2.35. The molecule has 2 heteroatoms. The molecule has 0 aliphatic carbocycles. The molecule has 2 nitrogen and oxygen atoms in total. The summed E-state index contributed by atoms with van der Waals surface area (Å²) in [5.74, 6) is 7.60. The van der Waals surface area contributed by atoms with Crippen LogP contribution in [-0.2, 0) is 0 Å². The third-order valence-corrected chi connectivity index (χ3v) is 3.76. The molecular formula is C15H28N2. The van der Waals surface area contributed by atoms with Crippen molar-refractivity contribution in [2.75, 3.05) is 19.6 Å². The third kappa shape index (κ3) is 4.33. The quantitative estimate of drug-likeness (QED) is 0.754. The second kappa shape index (κ2) is 7.03. The second-order valence-corrected chi connectivity index (χ2v) is 5.74. The van der Waals surface area contributed by atoms with E-state index >= 15 is 0 Å². The van der Waals surface area contributed by atoms with Crippen LogP contribution in [0.5, 0.6) is 0 Å². The minimum atomic E-state index is 0.639. The Morgan fingerprint density at radius 3 is 2.47 bits per heavy atom. The van der Waals surface area contributed by atoms with Gasteiger partial charge in [-0.05, 0) is 18.8 Å². The lowest BCUT2D eigenvalue weighted by Crippen LogP contribution is -2.59. The van der Waals surface area contributed by atoms with Crippen LogP contribution in [0, 0.1) is 23.7 Å². The van der Waals surface area contributed by atoms with Crippen LogP contribution in [0.25, 0.3) is 0 Å². The molecule has 1 heterocycles. The van der Waals surface area contributed by atoms with Gasteiger partial charge in [-0.25, -0.2) is 0 Å². The van der Waals surface area contributed by atoms with E-state index in [2.05, 4.69) is 49.8 Å². The number of piperazine rings is 1. The van der Waals surface area contributed by atoms with Gasteiger partial charge in [-0.1, -0.05) is 27.7 Å². The van der Waals surface area contributed by atoms with Gasteiger partial charge < -0.3 is 5.32 Å². The Morgan fingerprint density at radius 2 is 1.94 bits per heavy atom. The molecule has 1 aliphatic heterocycles. The van der Waals surface area contributed by atoms with Crippen molar-refractivity contribution >= 4 is 0 Å². The summed E-state index contributed by atoms with van der Waals surface area (Å²) < 4.78 is 0. The van der Waals surface area contributed by atoms with Crippen LogP contribution in [0.15, 0.2) is 0 Å². The summed E-state index contributed by atoms with van der Waals surface area (Å²) in [5.41, 5.74) is 0. The third-order valence-electron chi connectivity index (χ3n) is 3.76. The van der Waals surface area contributed by atoms with Gasteiger partial charge in [0.15, 0.2) is 0 Å². The van der Waals surface area contributed by atoms with Crippen LogP contribution in [0.3, 0.4) is 0 Å². The molecule has 0 spiro atoms. The summed E-state index contributed by atoms with van der Waals surface area (Å²) in [7, 11) is 0. The van der Waals surface area contributed by atoms with Crippen LogP contribution in [0.4, 0.5) is 0 Å². The molecular weight excluding hydrogens is 208 g/mol. The van der Waals surface area contributed by atoms with Gasteiger partial charge in [-0.15, -0.1) is 11.8 Å². The van der Waals surface area contributed by atoms with Crippen LogP contribution >= 0.6 is 0 Å². The highest BCUT2D eigenvalue weighted by Crippen LogP contribution is 2.18. The SMILES string of the molecule is CC#CCCN1CC(C(C)C)NCC1C(C)C. The van der Waals surface area contributed by atoms with Crippen LogP contribution in [0.2, 0.25) is 0 Å². The molecule has 0 saturated carbocycles. The maximum Gasteiger partial charge on any atom is 0.0244 e. The van der Waals surface area contributed by atoms with E-state index in [1.165, 1.54) is 6.54 Å². The number of hydrogen-bond acceptors (Lipinski definition) is 2. The Balaban J connectivity index is 2.58. The topological polar surface area (TPSA) is 15.3 Å². The normalized spacial score (nSPS) is 26.1. The van der Waals surface area contributed by atoms with Gasteiger partial charge in [0.2, 0.25) is 0 Å². The van der Waals surface area contributed by atoms with E-state index in [-0.39, 0.29) is 0 Å². The van der Waals surface area contributed by atoms with Gasteiger partial charge in [0, 0.05) is 38.1 Å². The molecule has 17 heavy (non-hydrogen) atoms. The fourth-order valence-electron chi connectivity index (χ4n) is 2.54. The molecule has 2 atom stereocenters. The van der Waals surface area contributed by atoms with Gasteiger partial charge in [-0.3, -0.25) is 4.90 Å². The standard InChI is InChI=1S/C15H28N2/c1-6-7-8-9-17-11-14(12(2)3)16-10-15(17)13(4)5/h12-16H,8-11H2,1-5H3. The number of nitrogens with zero attached hydrogens (tertiary/aromatic N) is 1. The lowest BCUT2D eigenvalue weighted by atomic mass is 9.94. The predicted molar refractivity (Wildman–Crippen MR) is 74.9 cm³/mol. The minimum absolute atomic E-state index is 0.639. The van der Waals surface area contributed by atoms with Crippen molar-refractivity contribution in [3.8, 4) is 11.8 Å². The molecule has 0 amide bonds. The molecule has 1 aliphatic rings. The van der Waals surface area contributed by atoms with Crippen molar-refractivity contribution in [1.29, 1.82) is 0 Å². The smallest absolute Gasteiger partial charge is 0.0244 e. The summed E-state index contributed by atoms with van der Waals surface area (Å²) in [6.45, 7) is 14.6. The fraction of sp³-hybridized carbons (Fsp3) is 0.867. The van der Waals surface area contributed by atoms with Gasteiger partial charge in [0.05, 0.1) is 0 Å². The first-order chi connectivity index (χ1) is 8.06. The summed E-state index contributed by atoms with van der Waals surface area (Å²) in [5, 5.41) is 3.69. The van der Waals surface area contributed by atoms with Crippen molar-refractivity contribution in [2.24, 2.45) is 11.8 Å². The molecule has 2 unspecified atom stereocenters. The van der Waals surface area contributed by atoms with Gasteiger partial charge in [0.25, 0.3) is 0 Å². The largest absolute Gasteiger partial charge is 0.311 e. The molecule has 1 fully saturated rings. The van der Waals surface area contributed by atoms with Crippen molar-refractivity contribution in [3.63, 3.8) is 0 Å². The molecule has 0 aromatic heterocycles. The summed E-state index contributed by atoms with van der Waals surface area (Å²) in [6, 6.07) is 1.31. The molecule has 1 N–H and O–H groups in total. The molecule has 0 aromatic carbocycles. The molecule has 1 saturated heterocycles. The van der Waals surface area contributed by atoms with Gasteiger partial charge >= 0.3 is 0 Å². The van der Waals surface area contributed by atoms with E-state index in [1.54, 1.807) is 0 Å². The summed E-state index contributed by atoms with van der Waals surface area (Å²) >= 11 is 0. The number of rotatable bonds is 4. The minimum Gasteiger partial charge on any atom is -0.311 e. The average Bonchev–Trinajstić information content (AvgIpc) is 2.28. The Hall–Kier alpha value is -0.520. The average molecular weight is 236 g/mol. The summed E-state index contributed by atoms with van der Waals surface area (Å²) in [4.78, 5) is 2.64. The zero-order valence-electron chi connectivity index (χ0n) is 12.1. The van der Waals surface area contributed by atoms with E-state index in [4.69, 9.17) is 0 Å². The molecule has 1 rings (SSSR count). The van der Waals surface area contributed by atoms with Crippen LogP contribution in [0.1, 0.15) is 41.0 Å². The number of hydrogen-bond donors (Lipinski definition) is 1. The van der Waals surface area contributed by atoms with Crippen LogP contribution < -0.4 is 5.32 Å². The molecule has 98 valence electrons. The van der Waals surface area contributed by atoms with E-state index in [1.807, 2.05) is 6.92 Å². The van der Waals surface area contributed by atoms with E-state index < -0.39 is 0 Å². The molecule has 0 bridgehead atoms. The highest BCUT2D eigenvalue weighted by Gasteiger charge is 2.30. The Bertz CT molecular complexity index is 272. The monoisotopic (exact) mass is 236 g/mol. The van der Waals surface area contributed by atoms with E-state index in [9.17, 15) is 0 Å². The zero-order valence-corrected chi connectivity index (χ0v) is 12.1. The van der Waals surface area contributed by atoms with Crippen molar-refractivity contribution in [2.45, 2.75) is 53.1 Å². The van der Waals surface area contributed by atoms with E-state index in [0.29, 0.717) is 23.9 Å². The number of nitrogens with one attached hydrogen (secondary N) is 1. The Morgan fingerprint density at radius 1 is 1.24 bits per heavy atom. The zero-order chi connectivity index (χ0) is 12.8.